The molecule has 0 aromatic rings. The van der Waals surface area contributed by atoms with Crippen LogP contribution in [0.1, 0.15) is 33.6 Å². The molecule has 3 N–H and O–H groups in total. The first-order valence-corrected chi connectivity index (χ1v) is 7.11. The Hall–Kier alpha value is -0.570. The van der Waals surface area contributed by atoms with Gasteiger partial charge >= 0.3 is 0 Å². The van der Waals surface area contributed by atoms with Gasteiger partial charge in [0.2, 0.25) is 5.91 Å². The average molecular weight is 400 g/mol. The normalized spacial score (nSPS) is 10.7. The first-order valence-electron chi connectivity index (χ1n) is 7.11. The number of aliphatic imine (C=N–C) groups is 1. The molecule has 0 aromatic carbocycles. The lowest BCUT2D eigenvalue weighted by atomic mass is 10.3. The maximum atomic E-state index is 11.3. The Balaban J connectivity index is 0. The van der Waals surface area contributed by atoms with E-state index >= 15 is 0 Å². The van der Waals surface area contributed by atoms with Crippen molar-refractivity contribution in [1.82, 2.24) is 16.0 Å². The highest BCUT2D eigenvalue weighted by atomic mass is 127. The molecule has 0 aromatic heterocycles. The van der Waals surface area contributed by atoms with Crippen LogP contribution in [0.2, 0.25) is 0 Å². The van der Waals surface area contributed by atoms with Gasteiger partial charge < -0.3 is 20.7 Å². The molecular weight excluding hydrogens is 371 g/mol. The number of ether oxygens (including phenoxy) is 1. The van der Waals surface area contributed by atoms with E-state index in [-0.39, 0.29) is 36.4 Å². The van der Waals surface area contributed by atoms with E-state index < -0.39 is 0 Å². The number of nitrogens with one attached hydrogen (secondary N) is 3. The third-order valence-electron chi connectivity index (χ3n) is 2.31. The second kappa shape index (κ2) is 16.5. The highest BCUT2D eigenvalue weighted by Gasteiger charge is 2.00. The minimum absolute atomic E-state index is 0. The smallest absolute Gasteiger partial charge is 0.241 e. The summed E-state index contributed by atoms with van der Waals surface area (Å²) in [5, 5.41) is 9.02. The number of carbonyl (C=O) groups excluding carboxylic acids is 1. The largest absolute Gasteiger partial charge is 0.382 e. The van der Waals surface area contributed by atoms with Crippen LogP contribution in [-0.2, 0) is 9.53 Å². The highest BCUT2D eigenvalue weighted by Crippen LogP contribution is 1.88. The number of halogens is 1. The van der Waals surface area contributed by atoms with Gasteiger partial charge in [0, 0.05) is 32.8 Å². The molecule has 0 aliphatic carbocycles. The molecule has 0 aliphatic rings. The molecule has 7 heteroatoms. The van der Waals surface area contributed by atoms with Crippen LogP contribution in [0, 0.1) is 0 Å². The number of carbonyl (C=O) groups is 1. The van der Waals surface area contributed by atoms with Crippen molar-refractivity contribution < 1.29 is 9.53 Å². The van der Waals surface area contributed by atoms with Gasteiger partial charge in [-0.05, 0) is 33.6 Å². The van der Waals surface area contributed by atoms with Gasteiger partial charge in [-0.3, -0.25) is 4.79 Å². The summed E-state index contributed by atoms with van der Waals surface area (Å²) in [7, 11) is 0. The van der Waals surface area contributed by atoms with Crippen LogP contribution in [0.4, 0.5) is 0 Å². The molecule has 120 valence electrons. The van der Waals surface area contributed by atoms with E-state index in [0.717, 1.165) is 39.1 Å². The predicted molar refractivity (Wildman–Crippen MR) is 93.8 cm³/mol. The molecule has 0 radical (unpaired) electrons. The lowest BCUT2D eigenvalue weighted by Gasteiger charge is -2.11. The minimum Gasteiger partial charge on any atom is -0.382 e. The molecule has 0 spiro atoms. The standard InChI is InChI=1S/C13H28N4O2.HI/c1-4-14-12(18)11-17-13(15-5-2)16-9-7-8-10-19-6-3;/h4-11H2,1-3H3,(H,14,18)(H2,15,16,17);1H. The van der Waals surface area contributed by atoms with E-state index in [1.807, 2.05) is 20.8 Å². The van der Waals surface area contributed by atoms with E-state index in [4.69, 9.17) is 4.74 Å². The van der Waals surface area contributed by atoms with Crippen LogP contribution in [0.15, 0.2) is 4.99 Å². The molecule has 1 amide bonds. The fourth-order valence-corrected chi connectivity index (χ4v) is 1.43. The Labute approximate surface area is 139 Å². The van der Waals surface area contributed by atoms with Gasteiger partial charge in [0.25, 0.3) is 0 Å². The first kappa shape index (κ1) is 21.7. The number of guanidine groups is 1. The molecule has 0 atom stereocenters. The van der Waals surface area contributed by atoms with Crippen molar-refractivity contribution >= 4 is 35.8 Å². The molecule has 0 aliphatic heterocycles. The van der Waals surface area contributed by atoms with E-state index in [2.05, 4.69) is 20.9 Å². The van der Waals surface area contributed by atoms with Crippen LogP contribution < -0.4 is 16.0 Å². The van der Waals surface area contributed by atoms with Crippen molar-refractivity contribution in [3.8, 4) is 0 Å². The average Bonchev–Trinajstić information content (AvgIpc) is 2.40. The molecule has 0 fully saturated rings. The lowest BCUT2D eigenvalue weighted by Crippen LogP contribution is -2.39. The van der Waals surface area contributed by atoms with Crippen molar-refractivity contribution in [3.63, 3.8) is 0 Å². The number of likely N-dealkylation sites (N-methyl/N-ethyl adjacent to an activating group) is 1. The molecule has 6 nitrogen and oxygen atoms in total. The van der Waals surface area contributed by atoms with Crippen LogP contribution in [0.5, 0.6) is 0 Å². The van der Waals surface area contributed by atoms with Crippen molar-refractivity contribution in [2.75, 3.05) is 39.4 Å². The lowest BCUT2D eigenvalue weighted by molar-refractivity contribution is -0.119. The Morgan fingerprint density at radius 2 is 1.75 bits per heavy atom. The quantitative estimate of drug-likeness (QED) is 0.222. The third kappa shape index (κ3) is 13.9. The summed E-state index contributed by atoms with van der Waals surface area (Å²) in [6.45, 7) is 9.85. The maximum Gasteiger partial charge on any atom is 0.241 e. The molecule has 0 rings (SSSR count). The van der Waals surface area contributed by atoms with E-state index in [9.17, 15) is 4.79 Å². The number of nitrogens with zero attached hydrogens (tertiary/aromatic N) is 1. The zero-order valence-corrected chi connectivity index (χ0v) is 15.2. The summed E-state index contributed by atoms with van der Waals surface area (Å²) in [5.41, 5.74) is 0. The zero-order chi connectivity index (χ0) is 14.3. The van der Waals surface area contributed by atoms with Gasteiger partial charge in [0.1, 0.15) is 6.54 Å². The fraction of sp³-hybridized carbons (Fsp3) is 0.846. The molecule has 20 heavy (non-hydrogen) atoms. The first-order chi connectivity index (χ1) is 9.24. The molecule has 0 saturated heterocycles. The fourth-order valence-electron chi connectivity index (χ4n) is 1.43. The van der Waals surface area contributed by atoms with Gasteiger partial charge in [-0.2, -0.15) is 0 Å². The monoisotopic (exact) mass is 400 g/mol. The SMILES string of the molecule is CCNC(=O)CN=C(NCC)NCCCCOCC.I. The number of hydrogen-bond donors (Lipinski definition) is 3. The summed E-state index contributed by atoms with van der Waals surface area (Å²) < 4.78 is 5.27. The second-order valence-corrected chi connectivity index (χ2v) is 3.98. The van der Waals surface area contributed by atoms with Crippen molar-refractivity contribution in [1.29, 1.82) is 0 Å². The number of unbranched alkanes of at least 4 members (excludes halogenated alkanes) is 1. The van der Waals surface area contributed by atoms with Crippen molar-refractivity contribution in [3.05, 3.63) is 0 Å². The van der Waals surface area contributed by atoms with Crippen LogP contribution in [-0.4, -0.2) is 51.3 Å². The molecule has 0 saturated carbocycles. The van der Waals surface area contributed by atoms with E-state index in [1.165, 1.54) is 0 Å². The van der Waals surface area contributed by atoms with E-state index in [0.29, 0.717) is 12.5 Å². The summed E-state index contributed by atoms with van der Waals surface area (Å²) in [4.78, 5) is 15.5. The summed E-state index contributed by atoms with van der Waals surface area (Å²) in [6, 6.07) is 0. The summed E-state index contributed by atoms with van der Waals surface area (Å²) in [5.74, 6) is 0.626. The molecule has 0 bridgehead atoms. The number of hydrogen-bond acceptors (Lipinski definition) is 3. The minimum atomic E-state index is -0.0592. The number of amides is 1. The zero-order valence-electron chi connectivity index (χ0n) is 12.8. The molecular formula is C13H29IN4O2. The third-order valence-corrected chi connectivity index (χ3v) is 2.31. The second-order valence-electron chi connectivity index (χ2n) is 3.98. The summed E-state index contributed by atoms with van der Waals surface area (Å²) >= 11 is 0. The Morgan fingerprint density at radius 3 is 2.35 bits per heavy atom. The van der Waals surface area contributed by atoms with Crippen molar-refractivity contribution in [2.45, 2.75) is 33.6 Å². The van der Waals surface area contributed by atoms with Gasteiger partial charge in [-0.15, -0.1) is 24.0 Å². The van der Waals surface area contributed by atoms with Crippen LogP contribution >= 0.6 is 24.0 Å². The van der Waals surface area contributed by atoms with Gasteiger partial charge in [-0.1, -0.05) is 0 Å². The Morgan fingerprint density at radius 1 is 1.05 bits per heavy atom. The molecule has 0 heterocycles. The van der Waals surface area contributed by atoms with Crippen LogP contribution in [0.25, 0.3) is 0 Å². The van der Waals surface area contributed by atoms with E-state index in [1.54, 1.807) is 0 Å². The molecule has 0 unspecified atom stereocenters. The summed E-state index contributed by atoms with van der Waals surface area (Å²) in [6.07, 6.45) is 2.04. The predicted octanol–water partition coefficient (Wildman–Crippen LogP) is 1.11. The Bertz CT molecular complexity index is 263. The van der Waals surface area contributed by atoms with Crippen molar-refractivity contribution in [2.24, 2.45) is 4.99 Å². The van der Waals surface area contributed by atoms with Crippen LogP contribution in [0.3, 0.4) is 0 Å². The van der Waals surface area contributed by atoms with Gasteiger partial charge in [0.15, 0.2) is 5.96 Å². The topological polar surface area (TPSA) is 74.8 Å². The Kier molecular flexibility index (Phi) is 17.9. The maximum absolute atomic E-state index is 11.3. The highest BCUT2D eigenvalue weighted by molar-refractivity contribution is 14.0. The number of rotatable bonds is 10. The van der Waals surface area contributed by atoms with Gasteiger partial charge in [-0.25, -0.2) is 4.99 Å². The van der Waals surface area contributed by atoms with Gasteiger partial charge in [0.05, 0.1) is 0 Å².